The Kier molecular flexibility index (Phi) is 11.8. The second kappa shape index (κ2) is 9.19. The summed E-state index contributed by atoms with van der Waals surface area (Å²) in [6.45, 7) is 0. The summed E-state index contributed by atoms with van der Waals surface area (Å²) in [5.41, 5.74) is 0. The van der Waals surface area contributed by atoms with Crippen molar-refractivity contribution >= 4 is 6.16 Å². The molecule has 0 fully saturated rings. The van der Waals surface area contributed by atoms with Gasteiger partial charge in [0.15, 0.2) is 0 Å². The molecule has 0 spiro atoms. The summed E-state index contributed by atoms with van der Waals surface area (Å²) in [5.74, 6) is 0. The van der Waals surface area contributed by atoms with Crippen LogP contribution >= 0.6 is 0 Å². The van der Waals surface area contributed by atoms with Gasteiger partial charge in [0.05, 0.1) is 12.5 Å². The van der Waals surface area contributed by atoms with Crippen molar-refractivity contribution < 1.29 is 72.2 Å². The molecule has 1 aromatic rings. The predicted molar refractivity (Wildman–Crippen MR) is 30.5 cm³/mol. The molecule has 0 amide bonds. The van der Waals surface area contributed by atoms with Gasteiger partial charge >= 0.3 is 57.5 Å². The first-order chi connectivity index (χ1) is 4.23. The monoisotopic (exact) mass is 170 g/mol. The van der Waals surface area contributed by atoms with Crippen molar-refractivity contribution in [1.82, 2.24) is 0 Å². The topological polar surface area (TPSA) is 70.7 Å². The van der Waals surface area contributed by atoms with Crippen molar-refractivity contribution in [2.45, 2.75) is 0 Å². The van der Waals surface area contributed by atoms with E-state index in [4.69, 9.17) is 15.0 Å². The standard InChI is InChI=1S/C4H4O.CH2O3.K.H/c1-2-4-5-3-1;2-1(3)4;;/h1-4H;(H2,2,3,4);;/q;;+1;-1. The molecule has 0 aliphatic carbocycles. The van der Waals surface area contributed by atoms with Crippen LogP contribution in [0, 0.1) is 0 Å². The molecule has 1 rings (SSSR count). The molecular formula is C5H7KO4. The molecule has 10 heavy (non-hydrogen) atoms. The Morgan fingerprint density at radius 1 is 1.30 bits per heavy atom. The van der Waals surface area contributed by atoms with E-state index in [0.29, 0.717) is 0 Å². The maximum Gasteiger partial charge on any atom is 1.00 e. The third-order valence-electron chi connectivity index (χ3n) is 0.425. The molecule has 0 radical (unpaired) electrons. The summed E-state index contributed by atoms with van der Waals surface area (Å²) in [6.07, 6.45) is 1.42. The number of furan rings is 1. The molecule has 0 atom stereocenters. The summed E-state index contributed by atoms with van der Waals surface area (Å²) < 4.78 is 4.58. The van der Waals surface area contributed by atoms with Gasteiger partial charge in [-0.1, -0.05) is 0 Å². The minimum absolute atomic E-state index is 0. The fourth-order valence-electron chi connectivity index (χ4n) is 0.227. The van der Waals surface area contributed by atoms with Gasteiger partial charge in [0.1, 0.15) is 0 Å². The van der Waals surface area contributed by atoms with E-state index in [1.165, 1.54) is 0 Å². The van der Waals surface area contributed by atoms with E-state index >= 15 is 0 Å². The molecule has 0 unspecified atom stereocenters. The summed E-state index contributed by atoms with van der Waals surface area (Å²) in [4.78, 5) is 8.56. The largest absolute Gasteiger partial charge is 1.00 e. The molecule has 0 aliphatic heterocycles. The third-order valence-corrected chi connectivity index (χ3v) is 0.425. The van der Waals surface area contributed by atoms with E-state index in [1.54, 1.807) is 12.5 Å². The van der Waals surface area contributed by atoms with E-state index in [1.807, 2.05) is 12.1 Å². The van der Waals surface area contributed by atoms with Gasteiger partial charge in [0, 0.05) is 0 Å². The van der Waals surface area contributed by atoms with Crippen LogP contribution in [0.3, 0.4) is 0 Å². The minimum Gasteiger partial charge on any atom is -1.00 e. The second-order valence-corrected chi connectivity index (χ2v) is 1.08. The van der Waals surface area contributed by atoms with Crippen LogP contribution in [-0.2, 0) is 0 Å². The van der Waals surface area contributed by atoms with E-state index in [0.717, 1.165) is 0 Å². The Morgan fingerprint density at radius 2 is 1.60 bits per heavy atom. The quantitative estimate of drug-likeness (QED) is 0.471. The smallest absolute Gasteiger partial charge is 1.00 e. The number of rotatable bonds is 0. The SMILES string of the molecule is O=C(O)O.[H-].[K+].c1ccoc1. The first kappa shape index (κ1) is 12.8. The number of hydrogen-bond donors (Lipinski definition) is 2. The molecule has 52 valence electrons. The molecule has 4 nitrogen and oxygen atoms in total. The maximum atomic E-state index is 8.56. The Balaban J connectivity index is -0.000000101. The van der Waals surface area contributed by atoms with Crippen molar-refractivity contribution in [3.05, 3.63) is 24.7 Å². The van der Waals surface area contributed by atoms with Gasteiger partial charge in [-0.25, -0.2) is 4.79 Å². The van der Waals surface area contributed by atoms with Crippen LogP contribution in [0.2, 0.25) is 0 Å². The Hall–Kier alpha value is 0.186. The van der Waals surface area contributed by atoms with Crippen molar-refractivity contribution in [3.8, 4) is 0 Å². The van der Waals surface area contributed by atoms with Gasteiger partial charge in [-0.05, 0) is 12.1 Å². The molecule has 0 bridgehead atoms. The van der Waals surface area contributed by atoms with Crippen molar-refractivity contribution in [1.29, 1.82) is 0 Å². The van der Waals surface area contributed by atoms with Crippen LogP contribution in [0.25, 0.3) is 0 Å². The molecule has 0 saturated carbocycles. The van der Waals surface area contributed by atoms with Crippen molar-refractivity contribution in [2.75, 3.05) is 0 Å². The molecule has 0 saturated heterocycles. The van der Waals surface area contributed by atoms with Gasteiger partial charge < -0.3 is 16.1 Å². The predicted octanol–water partition coefficient (Wildman–Crippen LogP) is -1.38. The number of carboxylic acid groups (broad SMARTS) is 2. The van der Waals surface area contributed by atoms with Crippen molar-refractivity contribution in [2.24, 2.45) is 0 Å². The molecule has 2 N–H and O–H groups in total. The zero-order chi connectivity index (χ0) is 7.11. The Labute approximate surface area is 102 Å². The van der Waals surface area contributed by atoms with E-state index in [2.05, 4.69) is 4.42 Å². The third kappa shape index (κ3) is 15.7. The van der Waals surface area contributed by atoms with E-state index < -0.39 is 6.16 Å². The number of hydrogen-bond acceptors (Lipinski definition) is 2. The van der Waals surface area contributed by atoms with Crippen LogP contribution in [0.5, 0.6) is 0 Å². The van der Waals surface area contributed by atoms with Gasteiger partial charge in [0.25, 0.3) is 0 Å². The minimum atomic E-state index is -1.83. The van der Waals surface area contributed by atoms with Crippen LogP contribution in [0.4, 0.5) is 4.79 Å². The summed E-state index contributed by atoms with van der Waals surface area (Å²) in [7, 11) is 0. The zero-order valence-corrected chi connectivity index (χ0v) is 8.64. The molecule has 0 aromatic carbocycles. The fourth-order valence-corrected chi connectivity index (χ4v) is 0.227. The molecule has 1 aromatic heterocycles. The molecule has 0 aliphatic rings. The van der Waals surface area contributed by atoms with E-state index in [-0.39, 0.29) is 52.8 Å². The average molecular weight is 170 g/mol. The van der Waals surface area contributed by atoms with Gasteiger partial charge in [0.2, 0.25) is 0 Å². The van der Waals surface area contributed by atoms with Crippen LogP contribution in [0.15, 0.2) is 29.1 Å². The fraction of sp³-hybridized carbons (Fsp3) is 0. The molecule has 5 heteroatoms. The summed E-state index contributed by atoms with van der Waals surface area (Å²) in [5, 5.41) is 13.9. The van der Waals surface area contributed by atoms with Crippen LogP contribution < -0.4 is 51.4 Å². The first-order valence-electron chi connectivity index (χ1n) is 2.12. The number of carbonyl (C=O) groups is 1. The first-order valence-corrected chi connectivity index (χ1v) is 2.12. The second-order valence-electron chi connectivity index (χ2n) is 1.08. The zero-order valence-electron chi connectivity index (χ0n) is 6.52. The van der Waals surface area contributed by atoms with E-state index in [9.17, 15) is 0 Å². The summed E-state index contributed by atoms with van der Waals surface area (Å²) in [6, 6.07) is 3.67. The normalized spacial score (nSPS) is 6.40. The molecule has 1 heterocycles. The van der Waals surface area contributed by atoms with Gasteiger partial charge in [-0.15, -0.1) is 0 Å². The Morgan fingerprint density at radius 3 is 1.70 bits per heavy atom. The molecular weight excluding hydrogens is 163 g/mol. The van der Waals surface area contributed by atoms with Crippen molar-refractivity contribution in [3.63, 3.8) is 0 Å². The Bertz CT molecular complexity index is 132. The van der Waals surface area contributed by atoms with Crippen LogP contribution in [-0.4, -0.2) is 16.4 Å². The average Bonchev–Trinajstić information content (AvgIpc) is 2.11. The summed E-state index contributed by atoms with van der Waals surface area (Å²) >= 11 is 0. The van der Waals surface area contributed by atoms with Crippen LogP contribution in [0.1, 0.15) is 1.43 Å². The maximum absolute atomic E-state index is 8.56. The van der Waals surface area contributed by atoms with Gasteiger partial charge in [-0.2, -0.15) is 0 Å². The van der Waals surface area contributed by atoms with Gasteiger partial charge in [-0.3, -0.25) is 0 Å².